The number of carbonyl (C=O) groups is 2. The van der Waals surface area contributed by atoms with E-state index < -0.39 is 5.97 Å². The minimum Gasteiger partial charge on any atom is -0.481 e. The molecule has 0 aromatic heterocycles. The van der Waals surface area contributed by atoms with Gasteiger partial charge in [-0.3, -0.25) is 4.79 Å². The Labute approximate surface area is 112 Å². The minimum atomic E-state index is -0.895. The molecular formula is C14H18N2O3. The third-order valence-electron chi connectivity index (χ3n) is 2.37. The molecule has 102 valence electrons. The molecule has 0 radical (unpaired) electrons. The van der Waals surface area contributed by atoms with Crippen LogP contribution in [0.15, 0.2) is 36.4 Å². The maximum atomic E-state index is 11.5. The summed E-state index contributed by atoms with van der Waals surface area (Å²) in [4.78, 5) is 22.1. The Bertz CT molecular complexity index is 470. The number of carboxylic acids is 1. The van der Waals surface area contributed by atoms with Crippen LogP contribution in [0.2, 0.25) is 0 Å². The lowest BCUT2D eigenvalue weighted by Crippen LogP contribution is -2.29. The molecule has 3 N–H and O–H groups in total. The first-order valence-electron chi connectivity index (χ1n) is 6.08. The van der Waals surface area contributed by atoms with Crippen molar-refractivity contribution in [2.24, 2.45) is 0 Å². The molecule has 5 heteroatoms. The highest BCUT2D eigenvalue weighted by atomic mass is 16.4. The van der Waals surface area contributed by atoms with Gasteiger partial charge in [0.2, 0.25) is 0 Å². The molecule has 0 atom stereocenters. The molecule has 5 nitrogen and oxygen atoms in total. The number of rotatable bonds is 6. The molecule has 1 rings (SSSR count). The fourth-order valence-electron chi connectivity index (χ4n) is 1.54. The van der Waals surface area contributed by atoms with Gasteiger partial charge in [0, 0.05) is 12.2 Å². The van der Waals surface area contributed by atoms with Gasteiger partial charge in [-0.2, -0.15) is 0 Å². The Kier molecular flexibility index (Phi) is 6.15. The van der Waals surface area contributed by atoms with E-state index in [0.717, 1.165) is 6.42 Å². The van der Waals surface area contributed by atoms with E-state index in [2.05, 4.69) is 10.6 Å². The number of hydrogen-bond donors (Lipinski definition) is 3. The first-order valence-corrected chi connectivity index (χ1v) is 6.08. The smallest absolute Gasteiger partial charge is 0.319 e. The number of aliphatic carboxylic acids is 1. The van der Waals surface area contributed by atoms with Crippen molar-refractivity contribution in [3.05, 3.63) is 42.0 Å². The third kappa shape index (κ3) is 6.26. The molecule has 1 aromatic carbocycles. The number of allylic oxidation sites excluding steroid dienone is 1. The van der Waals surface area contributed by atoms with E-state index >= 15 is 0 Å². The number of nitrogens with one attached hydrogen (secondary N) is 2. The van der Waals surface area contributed by atoms with Crippen molar-refractivity contribution < 1.29 is 14.7 Å². The lowest BCUT2D eigenvalue weighted by molar-refractivity contribution is -0.136. The van der Waals surface area contributed by atoms with Gasteiger partial charge in [0.25, 0.3) is 0 Å². The Morgan fingerprint density at radius 3 is 2.84 bits per heavy atom. The second-order valence-corrected chi connectivity index (χ2v) is 4.01. The van der Waals surface area contributed by atoms with Crippen molar-refractivity contribution in [3.8, 4) is 0 Å². The summed E-state index contributed by atoms with van der Waals surface area (Å²) in [5.41, 5.74) is 1.24. The minimum absolute atomic E-state index is 0.0571. The Balaban J connectivity index is 2.47. The number of hydrogen-bond acceptors (Lipinski definition) is 2. The van der Waals surface area contributed by atoms with Crippen molar-refractivity contribution >= 4 is 17.7 Å². The predicted molar refractivity (Wildman–Crippen MR) is 74.2 cm³/mol. The summed E-state index contributed by atoms with van der Waals surface area (Å²) in [5.74, 6) is -0.895. The average Bonchev–Trinajstić information content (AvgIpc) is 2.34. The second kappa shape index (κ2) is 7.92. The van der Waals surface area contributed by atoms with Gasteiger partial charge in [-0.25, -0.2) is 4.79 Å². The predicted octanol–water partition coefficient (Wildman–Crippen LogP) is 2.40. The first-order chi connectivity index (χ1) is 9.11. The van der Waals surface area contributed by atoms with Crippen LogP contribution in [0.25, 0.3) is 0 Å². The van der Waals surface area contributed by atoms with Gasteiger partial charge in [0.15, 0.2) is 0 Å². The highest BCUT2D eigenvalue weighted by molar-refractivity contribution is 5.89. The highest BCUT2D eigenvalue weighted by Gasteiger charge is 2.03. The van der Waals surface area contributed by atoms with Gasteiger partial charge in [0.1, 0.15) is 0 Å². The number of carboxylic acid groups (broad SMARTS) is 1. The summed E-state index contributed by atoms with van der Waals surface area (Å²) >= 11 is 0. The lowest BCUT2D eigenvalue weighted by Gasteiger charge is -2.07. The van der Waals surface area contributed by atoms with Crippen LogP contribution in [0, 0.1) is 0 Å². The molecule has 1 aromatic rings. The summed E-state index contributed by atoms with van der Waals surface area (Å²) < 4.78 is 0. The van der Waals surface area contributed by atoms with Crippen LogP contribution in [-0.2, 0) is 11.2 Å². The first kappa shape index (κ1) is 14.8. The van der Waals surface area contributed by atoms with Gasteiger partial charge in [0.05, 0.1) is 6.42 Å². The number of urea groups is 1. The van der Waals surface area contributed by atoms with Gasteiger partial charge in [-0.05, 0) is 31.0 Å². The van der Waals surface area contributed by atoms with Crippen LogP contribution in [0.3, 0.4) is 0 Å². The average molecular weight is 262 g/mol. The lowest BCUT2D eigenvalue weighted by atomic mass is 10.1. The van der Waals surface area contributed by atoms with Crippen LogP contribution in [0.5, 0.6) is 0 Å². The highest BCUT2D eigenvalue weighted by Crippen LogP contribution is 2.11. The molecule has 19 heavy (non-hydrogen) atoms. The molecular weight excluding hydrogens is 244 g/mol. The molecule has 0 saturated heterocycles. The Morgan fingerprint density at radius 1 is 1.37 bits per heavy atom. The molecule has 0 aliphatic carbocycles. The molecule has 0 heterocycles. The van der Waals surface area contributed by atoms with E-state index in [-0.39, 0.29) is 12.5 Å². The van der Waals surface area contributed by atoms with Crippen molar-refractivity contribution in [2.45, 2.75) is 19.8 Å². The molecule has 0 aliphatic heterocycles. The maximum Gasteiger partial charge on any atom is 0.319 e. The summed E-state index contributed by atoms with van der Waals surface area (Å²) in [6.45, 7) is 2.49. The third-order valence-corrected chi connectivity index (χ3v) is 2.37. The van der Waals surface area contributed by atoms with Gasteiger partial charge < -0.3 is 15.7 Å². The van der Waals surface area contributed by atoms with Crippen molar-refractivity contribution in [1.82, 2.24) is 5.32 Å². The molecule has 0 spiro atoms. The standard InChI is InChI=1S/C14H18N2O3/c1-2-3-4-8-15-14(19)16-12-7-5-6-11(9-12)10-13(17)18/h2-3,5-7,9H,4,8,10H2,1H3,(H,17,18)(H2,15,16,19)/b3-2+. The normalized spacial score (nSPS) is 10.4. The van der Waals surface area contributed by atoms with Crippen molar-refractivity contribution in [3.63, 3.8) is 0 Å². The zero-order valence-corrected chi connectivity index (χ0v) is 10.8. The monoisotopic (exact) mass is 262 g/mol. The van der Waals surface area contributed by atoms with Crippen LogP contribution >= 0.6 is 0 Å². The summed E-state index contributed by atoms with van der Waals surface area (Å²) in [6.07, 6.45) is 4.62. The molecule has 0 fully saturated rings. The second-order valence-electron chi connectivity index (χ2n) is 4.01. The number of anilines is 1. The fraction of sp³-hybridized carbons (Fsp3) is 0.286. The molecule has 0 aliphatic rings. The van der Waals surface area contributed by atoms with E-state index in [9.17, 15) is 9.59 Å². The summed E-state index contributed by atoms with van der Waals surface area (Å²) in [6, 6.07) is 6.50. The van der Waals surface area contributed by atoms with Gasteiger partial charge >= 0.3 is 12.0 Å². The zero-order valence-electron chi connectivity index (χ0n) is 10.8. The number of benzene rings is 1. The molecule has 0 bridgehead atoms. The van der Waals surface area contributed by atoms with E-state index in [0.29, 0.717) is 17.8 Å². The maximum absolute atomic E-state index is 11.5. The number of amides is 2. The van der Waals surface area contributed by atoms with Crippen molar-refractivity contribution in [1.29, 1.82) is 0 Å². The van der Waals surface area contributed by atoms with Crippen LogP contribution in [-0.4, -0.2) is 23.7 Å². The van der Waals surface area contributed by atoms with E-state index in [4.69, 9.17) is 5.11 Å². The summed E-state index contributed by atoms with van der Waals surface area (Å²) in [5, 5.41) is 14.1. The molecule has 2 amide bonds. The van der Waals surface area contributed by atoms with E-state index in [1.54, 1.807) is 24.3 Å². The fourth-order valence-corrected chi connectivity index (χ4v) is 1.54. The van der Waals surface area contributed by atoms with Crippen LogP contribution in [0.4, 0.5) is 10.5 Å². The molecule has 0 unspecified atom stereocenters. The Morgan fingerprint density at radius 2 is 2.16 bits per heavy atom. The van der Waals surface area contributed by atoms with Crippen LogP contribution in [0.1, 0.15) is 18.9 Å². The Hall–Kier alpha value is -2.30. The van der Waals surface area contributed by atoms with Crippen molar-refractivity contribution in [2.75, 3.05) is 11.9 Å². The topological polar surface area (TPSA) is 78.4 Å². The van der Waals surface area contributed by atoms with Gasteiger partial charge in [-0.15, -0.1) is 0 Å². The quantitative estimate of drug-likeness (QED) is 0.544. The number of carbonyl (C=O) groups excluding carboxylic acids is 1. The van der Waals surface area contributed by atoms with E-state index in [1.165, 1.54) is 0 Å². The summed E-state index contributed by atoms with van der Waals surface area (Å²) in [7, 11) is 0. The SMILES string of the molecule is C/C=C/CCNC(=O)Nc1cccc(CC(=O)O)c1. The molecule has 0 saturated carbocycles. The van der Waals surface area contributed by atoms with Crippen LogP contribution < -0.4 is 10.6 Å². The largest absolute Gasteiger partial charge is 0.481 e. The zero-order chi connectivity index (χ0) is 14.1. The van der Waals surface area contributed by atoms with E-state index in [1.807, 2.05) is 19.1 Å². The van der Waals surface area contributed by atoms with Gasteiger partial charge in [-0.1, -0.05) is 24.3 Å².